The number of hydrogen-bond donors (Lipinski definition) is 2. The van der Waals surface area contributed by atoms with Crippen LogP contribution in [-0.2, 0) is 0 Å². The molecule has 1 aromatic carbocycles. The molecule has 2 N–H and O–H groups in total. The van der Waals surface area contributed by atoms with Crippen LogP contribution in [0.25, 0.3) is 10.9 Å². The number of H-pyrrole nitrogens is 1. The van der Waals surface area contributed by atoms with Crippen molar-refractivity contribution in [3.05, 3.63) is 39.6 Å². The zero-order valence-corrected chi connectivity index (χ0v) is 12.2. The largest absolute Gasteiger partial charge is 0.366 e. The molecule has 0 spiro atoms. The predicted octanol–water partition coefficient (Wildman–Crippen LogP) is 3.22. The van der Waals surface area contributed by atoms with Crippen LogP contribution in [-0.4, -0.2) is 16.3 Å². The second-order valence-corrected chi connectivity index (χ2v) is 5.92. The lowest BCUT2D eigenvalue weighted by Gasteiger charge is -2.23. The van der Waals surface area contributed by atoms with E-state index >= 15 is 0 Å². The van der Waals surface area contributed by atoms with E-state index in [0.29, 0.717) is 0 Å². The fraction of sp³-hybridized carbons (Fsp3) is 0.333. The third-order valence-electron chi connectivity index (χ3n) is 2.92. The van der Waals surface area contributed by atoms with Crippen molar-refractivity contribution < 1.29 is 13.6 Å². The van der Waals surface area contributed by atoms with E-state index in [9.17, 15) is 18.4 Å². The molecule has 1 aromatic heterocycles. The molecule has 0 aliphatic heterocycles. The van der Waals surface area contributed by atoms with Gasteiger partial charge in [-0.3, -0.25) is 9.59 Å². The molecule has 0 aliphatic rings. The lowest BCUT2D eigenvalue weighted by Crippen LogP contribution is -2.30. The van der Waals surface area contributed by atoms with Crippen LogP contribution >= 0.6 is 0 Å². The Morgan fingerprint density at radius 3 is 2.38 bits per heavy atom. The van der Waals surface area contributed by atoms with Crippen molar-refractivity contribution >= 4 is 22.5 Å². The minimum Gasteiger partial charge on any atom is -0.366 e. The van der Waals surface area contributed by atoms with Gasteiger partial charge in [0.2, 0.25) is 5.43 Å². The fourth-order valence-electron chi connectivity index (χ4n) is 2.10. The van der Waals surface area contributed by atoms with Gasteiger partial charge >= 0.3 is 0 Å². The summed E-state index contributed by atoms with van der Waals surface area (Å²) in [5.74, 6) is -2.56. The minimum absolute atomic E-state index is 0.0569. The van der Waals surface area contributed by atoms with E-state index < -0.39 is 28.4 Å². The van der Waals surface area contributed by atoms with Gasteiger partial charge in [-0.05, 0) is 39.8 Å². The van der Waals surface area contributed by atoms with Crippen LogP contribution in [0.1, 0.15) is 38.1 Å². The van der Waals surface area contributed by atoms with Gasteiger partial charge in [-0.25, -0.2) is 8.78 Å². The highest BCUT2D eigenvalue weighted by molar-refractivity contribution is 6.02. The summed E-state index contributed by atoms with van der Waals surface area (Å²) < 4.78 is 27.2. The second-order valence-electron chi connectivity index (χ2n) is 5.92. The van der Waals surface area contributed by atoms with Crippen LogP contribution in [0.2, 0.25) is 0 Å². The van der Waals surface area contributed by atoms with Gasteiger partial charge in [0.25, 0.3) is 0 Å². The number of carbonyl (C=O) groups excluding carboxylic acids is 1. The summed E-state index contributed by atoms with van der Waals surface area (Å²) in [7, 11) is 0. The van der Waals surface area contributed by atoms with Crippen molar-refractivity contribution in [2.45, 2.75) is 33.2 Å². The Morgan fingerprint density at radius 2 is 1.86 bits per heavy atom. The molecular weight excluding hydrogens is 278 g/mol. The Hall–Kier alpha value is -2.24. The number of rotatable bonds is 2. The molecule has 0 atom stereocenters. The number of fused-ring (bicyclic) bond motifs is 1. The average molecular weight is 294 g/mol. The Morgan fingerprint density at radius 1 is 1.24 bits per heavy atom. The van der Waals surface area contributed by atoms with Crippen molar-refractivity contribution in [1.29, 1.82) is 0 Å². The first kappa shape index (κ1) is 15.2. The van der Waals surface area contributed by atoms with Gasteiger partial charge in [-0.15, -0.1) is 0 Å². The van der Waals surface area contributed by atoms with E-state index in [2.05, 4.69) is 10.3 Å². The fourth-order valence-corrected chi connectivity index (χ4v) is 2.10. The molecule has 112 valence electrons. The summed E-state index contributed by atoms with van der Waals surface area (Å²) in [5, 5.41) is 2.89. The molecule has 2 rings (SSSR count). The van der Waals surface area contributed by atoms with Gasteiger partial charge in [0.15, 0.2) is 17.4 Å². The lowest BCUT2D eigenvalue weighted by atomic mass is 10.0. The van der Waals surface area contributed by atoms with Crippen LogP contribution in [0.15, 0.2) is 16.9 Å². The van der Waals surface area contributed by atoms with E-state index in [1.807, 2.05) is 20.8 Å². The van der Waals surface area contributed by atoms with Crippen molar-refractivity contribution in [1.82, 2.24) is 4.98 Å². The summed E-state index contributed by atoms with van der Waals surface area (Å²) in [5.41, 5.74) is -1.44. The van der Waals surface area contributed by atoms with E-state index in [-0.39, 0.29) is 22.3 Å². The van der Waals surface area contributed by atoms with Crippen LogP contribution in [0, 0.1) is 11.6 Å². The molecule has 2 aromatic rings. The maximum atomic E-state index is 13.9. The van der Waals surface area contributed by atoms with Gasteiger partial charge in [0.1, 0.15) is 11.4 Å². The zero-order valence-electron chi connectivity index (χ0n) is 12.2. The molecule has 0 fully saturated rings. The molecule has 0 amide bonds. The van der Waals surface area contributed by atoms with E-state index in [4.69, 9.17) is 0 Å². The normalized spacial score (nSPS) is 11.7. The number of halogens is 2. The maximum Gasteiger partial charge on any atom is 0.202 e. The van der Waals surface area contributed by atoms with Crippen LogP contribution in [0.5, 0.6) is 0 Å². The number of aromatic nitrogens is 1. The number of ketones is 1. The summed E-state index contributed by atoms with van der Waals surface area (Å²) in [4.78, 5) is 26.7. The standard InChI is InChI=1S/C15H16F2N2O2/c1-7(20)10-13(21)8-5-6-9(16)11(17)12(8)18-14(10)19-15(2,3)4/h5-6H,1-4H3,(H2,18,19,21). The monoisotopic (exact) mass is 294 g/mol. The molecule has 0 saturated carbocycles. The van der Waals surface area contributed by atoms with Crippen LogP contribution in [0.3, 0.4) is 0 Å². The number of benzene rings is 1. The predicted molar refractivity (Wildman–Crippen MR) is 77.9 cm³/mol. The van der Waals surface area contributed by atoms with Crippen LogP contribution in [0.4, 0.5) is 14.6 Å². The molecule has 0 radical (unpaired) electrons. The Balaban J connectivity index is 2.89. The highest BCUT2D eigenvalue weighted by atomic mass is 19.2. The number of carbonyl (C=O) groups is 1. The number of aromatic amines is 1. The zero-order chi connectivity index (χ0) is 15.9. The van der Waals surface area contributed by atoms with E-state index in [0.717, 1.165) is 6.07 Å². The third kappa shape index (κ3) is 2.79. The van der Waals surface area contributed by atoms with Gasteiger partial charge in [-0.1, -0.05) is 0 Å². The van der Waals surface area contributed by atoms with E-state index in [1.54, 1.807) is 0 Å². The Labute approximate surface area is 120 Å². The number of Topliss-reactive ketones (excluding diaryl/α,β-unsaturated/α-hetero) is 1. The molecule has 0 saturated heterocycles. The quantitative estimate of drug-likeness (QED) is 0.836. The highest BCUT2D eigenvalue weighted by Crippen LogP contribution is 2.22. The first-order valence-corrected chi connectivity index (χ1v) is 6.45. The molecule has 0 unspecified atom stereocenters. The summed E-state index contributed by atoms with van der Waals surface area (Å²) in [6.45, 7) is 6.72. The first-order valence-electron chi connectivity index (χ1n) is 6.45. The second kappa shape index (κ2) is 4.95. The molecule has 1 heterocycles. The first-order chi connectivity index (χ1) is 9.61. The highest BCUT2D eigenvalue weighted by Gasteiger charge is 2.21. The molecule has 0 bridgehead atoms. The molecule has 21 heavy (non-hydrogen) atoms. The summed E-state index contributed by atoms with van der Waals surface area (Å²) in [6, 6.07) is 2.04. The minimum atomic E-state index is -1.14. The van der Waals surface area contributed by atoms with Crippen molar-refractivity contribution in [2.75, 3.05) is 5.32 Å². The number of nitrogens with one attached hydrogen (secondary N) is 2. The Kier molecular flexibility index (Phi) is 3.57. The van der Waals surface area contributed by atoms with Gasteiger partial charge < -0.3 is 10.3 Å². The summed E-state index contributed by atoms with van der Waals surface area (Å²) >= 11 is 0. The van der Waals surface area contributed by atoms with E-state index in [1.165, 1.54) is 13.0 Å². The third-order valence-corrected chi connectivity index (χ3v) is 2.92. The van der Waals surface area contributed by atoms with Crippen LogP contribution < -0.4 is 10.7 Å². The van der Waals surface area contributed by atoms with Gasteiger partial charge in [0, 0.05) is 10.9 Å². The summed E-state index contributed by atoms with van der Waals surface area (Å²) in [6.07, 6.45) is 0. The average Bonchev–Trinajstić information content (AvgIpc) is 2.32. The van der Waals surface area contributed by atoms with Gasteiger partial charge in [-0.2, -0.15) is 0 Å². The maximum absolute atomic E-state index is 13.9. The van der Waals surface area contributed by atoms with Gasteiger partial charge in [0.05, 0.1) is 5.52 Å². The van der Waals surface area contributed by atoms with Crippen molar-refractivity contribution in [3.8, 4) is 0 Å². The Bertz CT molecular complexity index is 789. The number of hydrogen-bond acceptors (Lipinski definition) is 3. The topological polar surface area (TPSA) is 62.0 Å². The SMILES string of the molecule is CC(=O)c1c(NC(C)(C)C)[nH]c2c(F)c(F)ccc2c1=O. The lowest BCUT2D eigenvalue weighted by molar-refractivity contribution is 0.101. The molecule has 0 aliphatic carbocycles. The van der Waals surface area contributed by atoms with Crippen molar-refractivity contribution in [2.24, 2.45) is 0 Å². The molecule has 4 nitrogen and oxygen atoms in total. The van der Waals surface area contributed by atoms with Crippen molar-refractivity contribution in [3.63, 3.8) is 0 Å². The smallest absolute Gasteiger partial charge is 0.202 e. The number of pyridine rings is 1. The molecular formula is C15H16F2N2O2. The number of anilines is 1. The molecule has 6 heteroatoms.